The first-order chi connectivity index (χ1) is 15.5. The molecule has 0 fully saturated rings. The van der Waals surface area contributed by atoms with E-state index in [1.54, 1.807) is 37.4 Å². The summed E-state index contributed by atoms with van der Waals surface area (Å²) in [7, 11) is 1.55. The van der Waals surface area contributed by atoms with E-state index in [4.69, 9.17) is 4.74 Å². The van der Waals surface area contributed by atoms with Crippen molar-refractivity contribution in [3.63, 3.8) is 0 Å². The van der Waals surface area contributed by atoms with E-state index in [-0.39, 0.29) is 11.6 Å². The zero-order valence-corrected chi connectivity index (χ0v) is 17.1. The summed E-state index contributed by atoms with van der Waals surface area (Å²) >= 11 is 0. The molecule has 0 radical (unpaired) electrons. The van der Waals surface area contributed by atoms with Gasteiger partial charge in [-0.05, 0) is 54.6 Å². The van der Waals surface area contributed by atoms with Gasteiger partial charge in [0, 0.05) is 24.8 Å². The van der Waals surface area contributed by atoms with Gasteiger partial charge >= 0.3 is 6.03 Å². The Morgan fingerprint density at radius 1 is 0.938 bits per heavy atom. The van der Waals surface area contributed by atoms with Gasteiger partial charge in [-0.15, -0.1) is 0 Å². The van der Waals surface area contributed by atoms with Crippen molar-refractivity contribution in [1.29, 1.82) is 0 Å². The Morgan fingerprint density at radius 2 is 1.53 bits per heavy atom. The lowest BCUT2D eigenvalue weighted by molar-refractivity contribution is 0.198. The fourth-order valence-electron chi connectivity index (χ4n) is 3.07. The van der Waals surface area contributed by atoms with E-state index < -0.39 is 6.03 Å². The number of aromatic nitrogens is 3. The molecule has 7 nitrogen and oxygen atoms in total. The molecule has 0 unspecified atom stereocenters. The van der Waals surface area contributed by atoms with Crippen molar-refractivity contribution in [3.8, 4) is 22.5 Å². The number of pyridine rings is 1. The predicted molar refractivity (Wildman–Crippen MR) is 117 cm³/mol. The predicted octanol–water partition coefficient (Wildman–Crippen LogP) is 4.40. The Bertz CT molecular complexity index is 1250. The van der Waals surface area contributed by atoms with Crippen molar-refractivity contribution in [2.45, 2.75) is 0 Å². The van der Waals surface area contributed by atoms with Crippen LogP contribution >= 0.6 is 0 Å². The molecular formula is C23H19F2N5O2. The van der Waals surface area contributed by atoms with E-state index >= 15 is 0 Å². The lowest BCUT2D eigenvalue weighted by atomic mass is 10.0. The van der Waals surface area contributed by atoms with Crippen LogP contribution in [0.25, 0.3) is 33.7 Å². The van der Waals surface area contributed by atoms with Crippen molar-refractivity contribution in [3.05, 3.63) is 72.4 Å². The first-order valence-corrected chi connectivity index (χ1v) is 9.77. The summed E-state index contributed by atoms with van der Waals surface area (Å²) in [6.45, 7) is 0.751. The van der Waals surface area contributed by atoms with E-state index in [0.717, 1.165) is 0 Å². The maximum absolute atomic E-state index is 13.5. The van der Waals surface area contributed by atoms with Gasteiger partial charge in [0.2, 0.25) is 0 Å². The fraction of sp³-hybridized carbons (Fsp3) is 0.130. The molecule has 0 aliphatic carbocycles. The van der Waals surface area contributed by atoms with Gasteiger partial charge in [-0.2, -0.15) is 0 Å². The molecule has 2 amide bonds. The van der Waals surface area contributed by atoms with E-state index in [9.17, 15) is 13.6 Å². The second-order valence-electron chi connectivity index (χ2n) is 6.88. The monoisotopic (exact) mass is 435 g/mol. The van der Waals surface area contributed by atoms with Crippen LogP contribution in [0.15, 0.2) is 60.8 Å². The van der Waals surface area contributed by atoms with Crippen LogP contribution in [0.5, 0.6) is 0 Å². The molecule has 0 atom stereocenters. The van der Waals surface area contributed by atoms with Gasteiger partial charge in [0.25, 0.3) is 0 Å². The number of urea groups is 1. The number of hydrogen-bond donors (Lipinski definition) is 2. The van der Waals surface area contributed by atoms with Crippen LogP contribution in [0, 0.1) is 11.6 Å². The van der Waals surface area contributed by atoms with Gasteiger partial charge in [-0.3, -0.25) is 0 Å². The Morgan fingerprint density at radius 3 is 2.12 bits per heavy atom. The standard InChI is InChI=1S/C23H19F2N5O2/c1-32-11-10-26-23(31)28-18-12-19-22(27-13-18)30-21(15-4-8-17(25)9-5-15)20(29-19)14-2-6-16(24)7-3-14/h2-9,12-13H,10-11H2,1H3,(H2,26,28,31). The summed E-state index contributed by atoms with van der Waals surface area (Å²) < 4.78 is 31.8. The largest absolute Gasteiger partial charge is 0.383 e. The Hall–Kier alpha value is -3.98. The van der Waals surface area contributed by atoms with Gasteiger partial charge < -0.3 is 15.4 Å². The van der Waals surface area contributed by atoms with Crippen molar-refractivity contribution in [2.24, 2.45) is 0 Å². The van der Waals surface area contributed by atoms with Gasteiger partial charge in [0.15, 0.2) is 5.65 Å². The van der Waals surface area contributed by atoms with Gasteiger partial charge in [-0.25, -0.2) is 28.5 Å². The minimum atomic E-state index is -0.405. The van der Waals surface area contributed by atoms with Crippen LogP contribution in [-0.4, -0.2) is 41.2 Å². The lowest BCUT2D eigenvalue weighted by Gasteiger charge is -2.11. The first kappa shape index (κ1) is 21.3. The van der Waals surface area contributed by atoms with Crippen molar-refractivity contribution >= 4 is 22.9 Å². The maximum Gasteiger partial charge on any atom is 0.319 e. The quantitative estimate of drug-likeness (QED) is 0.438. The highest BCUT2D eigenvalue weighted by Crippen LogP contribution is 2.31. The second kappa shape index (κ2) is 9.44. The molecule has 0 aliphatic rings. The smallest absolute Gasteiger partial charge is 0.319 e. The summed E-state index contributed by atoms with van der Waals surface area (Å²) in [5, 5.41) is 5.34. The molecule has 4 aromatic rings. The third kappa shape index (κ3) is 4.84. The van der Waals surface area contributed by atoms with E-state index in [1.165, 1.54) is 30.5 Å². The lowest BCUT2D eigenvalue weighted by Crippen LogP contribution is -2.31. The summed E-state index contributed by atoms with van der Waals surface area (Å²) in [6.07, 6.45) is 1.47. The second-order valence-corrected chi connectivity index (χ2v) is 6.88. The number of amides is 2. The minimum Gasteiger partial charge on any atom is -0.383 e. The first-order valence-electron chi connectivity index (χ1n) is 9.77. The normalized spacial score (nSPS) is 10.8. The number of carbonyl (C=O) groups is 1. The summed E-state index contributed by atoms with van der Waals surface area (Å²) in [5.41, 5.74) is 3.45. The Labute approximate surface area is 182 Å². The zero-order valence-electron chi connectivity index (χ0n) is 17.1. The van der Waals surface area contributed by atoms with Crippen molar-refractivity contribution < 1.29 is 18.3 Å². The zero-order chi connectivity index (χ0) is 22.5. The molecule has 4 rings (SSSR count). The average Bonchev–Trinajstić information content (AvgIpc) is 2.79. The highest BCUT2D eigenvalue weighted by molar-refractivity contribution is 5.92. The average molecular weight is 435 g/mol. The number of rotatable bonds is 6. The van der Waals surface area contributed by atoms with Gasteiger partial charge in [0.05, 0.1) is 29.9 Å². The molecule has 2 heterocycles. The summed E-state index contributed by atoms with van der Waals surface area (Å²) in [4.78, 5) is 25.6. The van der Waals surface area contributed by atoms with Crippen molar-refractivity contribution in [1.82, 2.24) is 20.3 Å². The van der Waals surface area contributed by atoms with Gasteiger partial charge in [-0.1, -0.05) is 0 Å². The molecule has 2 aromatic carbocycles. The highest BCUT2D eigenvalue weighted by atomic mass is 19.1. The molecule has 2 N–H and O–H groups in total. The van der Waals surface area contributed by atoms with E-state index in [2.05, 4.69) is 25.6 Å². The molecule has 2 aromatic heterocycles. The fourth-order valence-corrected chi connectivity index (χ4v) is 3.07. The number of anilines is 1. The molecule has 9 heteroatoms. The van der Waals surface area contributed by atoms with Gasteiger partial charge in [0.1, 0.15) is 17.2 Å². The van der Waals surface area contributed by atoms with Crippen LogP contribution in [0.1, 0.15) is 0 Å². The number of ether oxygens (including phenoxy) is 1. The number of hydrogen-bond acceptors (Lipinski definition) is 5. The number of carbonyl (C=O) groups excluding carboxylic acids is 1. The molecule has 0 saturated carbocycles. The number of nitrogens with zero attached hydrogens (tertiary/aromatic N) is 3. The number of benzene rings is 2. The molecule has 32 heavy (non-hydrogen) atoms. The van der Waals surface area contributed by atoms with Crippen molar-refractivity contribution in [2.75, 3.05) is 25.6 Å². The topological polar surface area (TPSA) is 89.0 Å². The highest BCUT2D eigenvalue weighted by Gasteiger charge is 2.15. The van der Waals surface area contributed by atoms with Crippen LogP contribution in [0.3, 0.4) is 0 Å². The maximum atomic E-state index is 13.5. The minimum absolute atomic E-state index is 0.348. The molecule has 0 saturated heterocycles. The van der Waals surface area contributed by atoms with Crippen LogP contribution < -0.4 is 10.6 Å². The molecular weight excluding hydrogens is 416 g/mol. The Kier molecular flexibility index (Phi) is 6.27. The number of methoxy groups -OCH3 is 1. The van der Waals surface area contributed by atoms with Crippen LogP contribution in [0.2, 0.25) is 0 Å². The molecule has 0 bridgehead atoms. The number of fused-ring (bicyclic) bond motifs is 1. The molecule has 162 valence electrons. The molecule has 0 aliphatic heterocycles. The van der Waals surface area contributed by atoms with Crippen LogP contribution in [-0.2, 0) is 4.74 Å². The number of halogens is 2. The molecule has 0 spiro atoms. The number of nitrogens with one attached hydrogen (secondary N) is 2. The van der Waals surface area contributed by atoms with E-state index in [0.29, 0.717) is 52.5 Å². The SMILES string of the molecule is COCCNC(=O)Nc1cnc2nc(-c3ccc(F)cc3)c(-c3ccc(F)cc3)nc2c1. The Balaban J connectivity index is 1.75. The summed E-state index contributed by atoms with van der Waals surface area (Å²) in [5.74, 6) is -0.748. The van der Waals surface area contributed by atoms with Crippen LogP contribution in [0.4, 0.5) is 19.3 Å². The third-order valence-corrected chi connectivity index (χ3v) is 4.61. The third-order valence-electron chi connectivity index (χ3n) is 4.61. The van der Waals surface area contributed by atoms with E-state index in [1.807, 2.05) is 0 Å². The summed E-state index contributed by atoms with van der Waals surface area (Å²) in [6, 6.07) is 12.9.